The van der Waals surface area contributed by atoms with Gasteiger partial charge in [-0.1, -0.05) is 34.1 Å². The summed E-state index contributed by atoms with van der Waals surface area (Å²) in [6.07, 6.45) is 1.23. The van der Waals surface area contributed by atoms with Crippen LogP contribution in [0.15, 0.2) is 0 Å². The maximum atomic E-state index is 12.7. The van der Waals surface area contributed by atoms with E-state index in [1.807, 2.05) is 20.8 Å². The molecule has 0 spiro atoms. The minimum Gasteiger partial charge on any atom is -0.379 e. The number of amides is 2. The zero-order valence-electron chi connectivity index (χ0n) is 14.0. The molecule has 1 rings (SSSR count). The van der Waals surface area contributed by atoms with E-state index in [4.69, 9.17) is 4.74 Å². The van der Waals surface area contributed by atoms with Crippen LogP contribution in [0.1, 0.15) is 47.5 Å². The lowest BCUT2D eigenvalue weighted by atomic mass is 9.98. The van der Waals surface area contributed by atoms with E-state index in [-0.39, 0.29) is 23.8 Å². The monoisotopic (exact) mass is 298 g/mol. The summed E-state index contributed by atoms with van der Waals surface area (Å²) >= 11 is 0. The van der Waals surface area contributed by atoms with Crippen molar-refractivity contribution < 1.29 is 14.3 Å². The Bertz CT molecular complexity index is 357. The molecule has 0 aromatic heterocycles. The number of nitrogens with zero attached hydrogens (tertiary/aromatic N) is 1. The highest BCUT2D eigenvalue weighted by atomic mass is 16.5. The molecule has 0 saturated carbocycles. The third-order valence-corrected chi connectivity index (χ3v) is 4.02. The highest BCUT2D eigenvalue weighted by molar-refractivity contribution is 5.90. The van der Waals surface area contributed by atoms with Crippen LogP contribution in [0.2, 0.25) is 0 Å². The highest BCUT2D eigenvalue weighted by Crippen LogP contribution is 2.17. The molecule has 1 N–H and O–H groups in total. The lowest BCUT2D eigenvalue weighted by Crippen LogP contribution is -2.50. The highest BCUT2D eigenvalue weighted by Gasteiger charge is 2.35. The minimum absolute atomic E-state index is 0.0239. The Balaban J connectivity index is 2.69. The van der Waals surface area contributed by atoms with Crippen molar-refractivity contribution in [1.29, 1.82) is 0 Å². The predicted octanol–water partition coefficient (Wildman–Crippen LogP) is 1.81. The summed E-state index contributed by atoms with van der Waals surface area (Å²) in [5.74, 6) is 0.617. The van der Waals surface area contributed by atoms with Crippen LogP contribution < -0.4 is 5.32 Å². The van der Waals surface area contributed by atoms with Crippen molar-refractivity contribution in [3.63, 3.8) is 0 Å². The van der Waals surface area contributed by atoms with Gasteiger partial charge in [0.1, 0.15) is 6.04 Å². The van der Waals surface area contributed by atoms with Crippen molar-refractivity contribution in [2.75, 3.05) is 19.8 Å². The third-order valence-electron chi connectivity index (χ3n) is 4.02. The topological polar surface area (TPSA) is 58.6 Å². The summed E-state index contributed by atoms with van der Waals surface area (Å²) in [6, 6.07) is -0.480. The van der Waals surface area contributed by atoms with Gasteiger partial charge < -0.3 is 15.0 Å². The molecule has 0 aromatic carbocycles. The Morgan fingerprint density at radius 3 is 2.57 bits per heavy atom. The quantitative estimate of drug-likeness (QED) is 0.729. The number of carbonyl (C=O) groups is 2. The van der Waals surface area contributed by atoms with E-state index in [1.54, 1.807) is 4.90 Å². The number of carbonyl (C=O) groups excluding carboxylic acids is 2. The van der Waals surface area contributed by atoms with Gasteiger partial charge in [-0.25, -0.2) is 0 Å². The van der Waals surface area contributed by atoms with Crippen LogP contribution in [0, 0.1) is 11.8 Å². The first-order chi connectivity index (χ1) is 9.86. The summed E-state index contributed by atoms with van der Waals surface area (Å²) < 4.78 is 5.58. The average molecular weight is 298 g/mol. The van der Waals surface area contributed by atoms with Gasteiger partial charge in [0.2, 0.25) is 11.8 Å². The van der Waals surface area contributed by atoms with Crippen molar-refractivity contribution in [3.8, 4) is 0 Å². The molecular formula is C16H30N2O3. The SMILES string of the molecule is CCC(C)C1NC(=O)CC(C)N(CCOCC(C)C)C1=O. The molecule has 5 heteroatoms. The predicted molar refractivity (Wildman–Crippen MR) is 82.8 cm³/mol. The molecule has 3 unspecified atom stereocenters. The Hall–Kier alpha value is -1.10. The number of nitrogens with one attached hydrogen (secondary N) is 1. The molecular weight excluding hydrogens is 268 g/mol. The maximum Gasteiger partial charge on any atom is 0.245 e. The lowest BCUT2D eigenvalue weighted by molar-refractivity contribution is -0.137. The largest absolute Gasteiger partial charge is 0.379 e. The van der Waals surface area contributed by atoms with Gasteiger partial charge in [0.15, 0.2) is 0 Å². The smallest absolute Gasteiger partial charge is 0.245 e. The molecule has 2 amide bonds. The molecule has 1 heterocycles. The summed E-state index contributed by atoms with van der Waals surface area (Å²) in [4.78, 5) is 26.4. The van der Waals surface area contributed by atoms with Gasteiger partial charge in [-0.3, -0.25) is 9.59 Å². The first kappa shape index (κ1) is 18.0. The number of hydrogen-bond donors (Lipinski definition) is 1. The number of ether oxygens (including phenoxy) is 1. The minimum atomic E-state index is -0.405. The molecule has 0 bridgehead atoms. The zero-order valence-corrected chi connectivity index (χ0v) is 14.0. The van der Waals surface area contributed by atoms with Crippen molar-refractivity contribution in [1.82, 2.24) is 10.2 Å². The van der Waals surface area contributed by atoms with Crippen molar-refractivity contribution in [3.05, 3.63) is 0 Å². The standard InChI is InChI=1S/C16H30N2O3/c1-6-12(4)15-16(20)18(7-8-21-10-11(2)3)13(5)9-14(19)17-15/h11-13,15H,6-10H2,1-5H3,(H,17,19). The second-order valence-electron chi connectivity index (χ2n) is 6.48. The van der Waals surface area contributed by atoms with Crippen LogP contribution in [0.5, 0.6) is 0 Å². The van der Waals surface area contributed by atoms with Gasteiger partial charge in [0.25, 0.3) is 0 Å². The van der Waals surface area contributed by atoms with Gasteiger partial charge in [-0.05, 0) is 18.8 Å². The molecule has 0 aliphatic carbocycles. The first-order valence-corrected chi connectivity index (χ1v) is 8.04. The van der Waals surface area contributed by atoms with E-state index in [0.29, 0.717) is 32.1 Å². The molecule has 0 aromatic rings. The molecule has 21 heavy (non-hydrogen) atoms. The van der Waals surface area contributed by atoms with Crippen molar-refractivity contribution in [2.45, 2.75) is 59.5 Å². The summed E-state index contributed by atoms with van der Waals surface area (Å²) in [5, 5.41) is 2.88. The normalized spacial score (nSPS) is 25.0. The molecule has 1 aliphatic heterocycles. The van der Waals surface area contributed by atoms with Crippen LogP contribution in [-0.4, -0.2) is 48.6 Å². The van der Waals surface area contributed by atoms with E-state index in [1.165, 1.54) is 0 Å². The van der Waals surface area contributed by atoms with Crippen LogP contribution in [0.3, 0.4) is 0 Å². The first-order valence-electron chi connectivity index (χ1n) is 8.04. The lowest BCUT2D eigenvalue weighted by Gasteiger charge is -2.30. The molecule has 0 radical (unpaired) electrons. The van der Waals surface area contributed by atoms with Crippen LogP contribution in [0.4, 0.5) is 0 Å². The number of rotatable bonds is 7. The van der Waals surface area contributed by atoms with Gasteiger partial charge in [0, 0.05) is 25.6 Å². The zero-order chi connectivity index (χ0) is 16.0. The fourth-order valence-electron chi connectivity index (χ4n) is 2.50. The fourth-order valence-corrected chi connectivity index (χ4v) is 2.50. The fraction of sp³-hybridized carbons (Fsp3) is 0.875. The average Bonchev–Trinajstić information content (AvgIpc) is 2.52. The van der Waals surface area contributed by atoms with Crippen molar-refractivity contribution in [2.24, 2.45) is 11.8 Å². The Kier molecular flexibility index (Phi) is 7.15. The summed E-state index contributed by atoms with van der Waals surface area (Å²) in [6.45, 7) is 11.9. The molecule has 5 nitrogen and oxygen atoms in total. The maximum absolute atomic E-state index is 12.7. The van der Waals surface area contributed by atoms with Gasteiger partial charge >= 0.3 is 0 Å². The van der Waals surface area contributed by atoms with Gasteiger partial charge in [-0.2, -0.15) is 0 Å². The number of hydrogen-bond acceptors (Lipinski definition) is 3. The van der Waals surface area contributed by atoms with Gasteiger partial charge in [-0.15, -0.1) is 0 Å². The van der Waals surface area contributed by atoms with E-state index in [0.717, 1.165) is 6.42 Å². The molecule has 1 fully saturated rings. The second kappa shape index (κ2) is 8.37. The van der Waals surface area contributed by atoms with E-state index >= 15 is 0 Å². The molecule has 1 saturated heterocycles. The van der Waals surface area contributed by atoms with Gasteiger partial charge in [0.05, 0.1) is 6.61 Å². The van der Waals surface area contributed by atoms with Crippen LogP contribution in [-0.2, 0) is 14.3 Å². The molecule has 1 aliphatic rings. The van der Waals surface area contributed by atoms with Crippen molar-refractivity contribution >= 4 is 11.8 Å². The molecule has 122 valence electrons. The summed E-state index contributed by atoms with van der Waals surface area (Å²) in [5.41, 5.74) is 0. The third kappa shape index (κ3) is 5.30. The summed E-state index contributed by atoms with van der Waals surface area (Å²) in [7, 11) is 0. The van der Waals surface area contributed by atoms with Crippen LogP contribution >= 0.6 is 0 Å². The Morgan fingerprint density at radius 1 is 1.33 bits per heavy atom. The van der Waals surface area contributed by atoms with E-state index < -0.39 is 6.04 Å². The second-order valence-corrected chi connectivity index (χ2v) is 6.48. The van der Waals surface area contributed by atoms with E-state index in [9.17, 15) is 9.59 Å². The molecule has 3 atom stereocenters. The van der Waals surface area contributed by atoms with E-state index in [2.05, 4.69) is 19.2 Å². The Labute approximate surface area is 128 Å². The Morgan fingerprint density at radius 2 is 2.00 bits per heavy atom. The van der Waals surface area contributed by atoms with Crippen LogP contribution in [0.25, 0.3) is 0 Å².